The zero-order chi connectivity index (χ0) is 20.5. The van der Waals surface area contributed by atoms with E-state index >= 15 is 0 Å². The number of benzene rings is 2. The Hall–Kier alpha value is -2.86. The molecule has 4 rings (SSSR count). The summed E-state index contributed by atoms with van der Waals surface area (Å²) < 4.78 is 7.34. The van der Waals surface area contributed by atoms with Gasteiger partial charge < -0.3 is 15.5 Å². The highest BCUT2D eigenvalue weighted by molar-refractivity contribution is 8.00. The Labute approximate surface area is 175 Å². The van der Waals surface area contributed by atoms with Crippen molar-refractivity contribution in [2.75, 3.05) is 17.9 Å². The SMILES string of the molecule is COc1ccc([C@@H]2Nn3c(C)ccc3S[C@H]2C(=O)Nc2cccc(C)c2C)cc1. The molecule has 2 aromatic carbocycles. The molecule has 2 atom stereocenters. The summed E-state index contributed by atoms with van der Waals surface area (Å²) in [5.41, 5.74) is 8.80. The van der Waals surface area contributed by atoms with E-state index in [2.05, 4.69) is 47.5 Å². The molecule has 0 saturated carbocycles. The number of nitrogens with zero attached hydrogens (tertiary/aromatic N) is 1. The van der Waals surface area contributed by atoms with Crippen LogP contribution >= 0.6 is 11.8 Å². The first kappa shape index (κ1) is 19.5. The van der Waals surface area contributed by atoms with Gasteiger partial charge in [-0.25, -0.2) is 0 Å². The molecule has 0 radical (unpaired) electrons. The highest BCUT2D eigenvalue weighted by Gasteiger charge is 2.36. The van der Waals surface area contributed by atoms with Crippen molar-refractivity contribution in [2.45, 2.75) is 37.1 Å². The van der Waals surface area contributed by atoms with E-state index in [0.717, 1.165) is 38.8 Å². The molecule has 5 nitrogen and oxygen atoms in total. The van der Waals surface area contributed by atoms with Crippen LogP contribution < -0.4 is 15.5 Å². The number of carbonyl (C=O) groups is 1. The number of carbonyl (C=O) groups excluding carboxylic acids is 1. The van der Waals surface area contributed by atoms with Gasteiger partial charge in [0.15, 0.2) is 0 Å². The van der Waals surface area contributed by atoms with Crippen molar-refractivity contribution in [2.24, 2.45) is 0 Å². The number of fused-ring (bicyclic) bond motifs is 1. The minimum atomic E-state index is -0.315. The van der Waals surface area contributed by atoms with Gasteiger partial charge in [-0.05, 0) is 67.8 Å². The summed E-state index contributed by atoms with van der Waals surface area (Å²) in [6, 6.07) is 17.8. The lowest BCUT2D eigenvalue weighted by atomic mass is 10.0. The van der Waals surface area contributed by atoms with Crippen LogP contribution in [0.5, 0.6) is 5.75 Å². The smallest absolute Gasteiger partial charge is 0.240 e. The lowest BCUT2D eigenvalue weighted by Crippen LogP contribution is -2.41. The van der Waals surface area contributed by atoms with Gasteiger partial charge in [0.2, 0.25) is 5.91 Å². The summed E-state index contributed by atoms with van der Waals surface area (Å²) in [5.74, 6) is 0.786. The molecule has 0 unspecified atom stereocenters. The zero-order valence-corrected chi connectivity index (χ0v) is 17.8. The Morgan fingerprint density at radius 3 is 2.55 bits per heavy atom. The number of aryl methyl sites for hydroxylation is 2. The number of anilines is 1. The van der Waals surface area contributed by atoms with E-state index < -0.39 is 0 Å². The van der Waals surface area contributed by atoms with Crippen LogP contribution in [0.4, 0.5) is 5.69 Å². The van der Waals surface area contributed by atoms with Gasteiger partial charge in [0, 0.05) is 11.4 Å². The Morgan fingerprint density at radius 2 is 1.83 bits per heavy atom. The summed E-state index contributed by atoms with van der Waals surface area (Å²) in [6.07, 6.45) is 0. The van der Waals surface area contributed by atoms with Gasteiger partial charge in [-0.1, -0.05) is 36.0 Å². The molecule has 1 aromatic heterocycles. The van der Waals surface area contributed by atoms with Crippen LogP contribution in [-0.2, 0) is 4.79 Å². The van der Waals surface area contributed by atoms with E-state index in [9.17, 15) is 4.79 Å². The standard InChI is InChI=1S/C23H25N3O2S/c1-14-6-5-7-19(16(14)3)24-23(27)22-21(17-9-11-18(28-4)12-10-17)25-26-15(2)8-13-20(26)29-22/h5-13,21-22,25H,1-4H3,(H,24,27)/t21-,22+/m0/s1. The van der Waals surface area contributed by atoms with E-state index in [1.807, 2.05) is 43.3 Å². The molecule has 29 heavy (non-hydrogen) atoms. The fourth-order valence-corrected chi connectivity index (χ4v) is 4.76. The molecule has 6 heteroatoms. The highest BCUT2D eigenvalue weighted by atomic mass is 32.2. The number of amides is 1. The average molecular weight is 408 g/mol. The van der Waals surface area contributed by atoms with Crippen LogP contribution in [0.15, 0.2) is 59.6 Å². The molecule has 0 spiro atoms. The lowest BCUT2D eigenvalue weighted by molar-refractivity contribution is -0.116. The fraction of sp³-hybridized carbons (Fsp3) is 0.261. The molecule has 0 aliphatic carbocycles. The maximum absolute atomic E-state index is 13.3. The Bertz CT molecular complexity index is 1040. The highest BCUT2D eigenvalue weighted by Crippen LogP contribution is 2.39. The first-order chi connectivity index (χ1) is 14.0. The Balaban J connectivity index is 1.67. The summed E-state index contributed by atoms with van der Waals surface area (Å²) in [7, 11) is 1.65. The maximum atomic E-state index is 13.3. The van der Waals surface area contributed by atoms with Crippen molar-refractivity contribution in [1.29, 1.82) is 0 Å². The van der Waals surface area contributed by atoms with Crippen LogP contribution in [0.3, 0.4) is 0 Å². The van der Waals surface area contributed by atoms with Gasteiger partial charge in [0.25, 0.3) is 0 Å². The van der Waals surface area contributed by atoms with Gasteiger partial charge in [0.05, 0.1) is 18.2 Å². The van der Waals surface area contributed by atoms with Gasteiger partial charge >= 0.3 is 0 Å². The van der Waals surface area contributed by atoms with Crippen LogP contribution in [0.2, 0.25) is 0 Å². The van der Waals surface area contributed by atoms with E-state index in [4.69, 9.17) is 4.74 Å². The average Bonchev–Trinajstić information content (AvgIpc) is 3.10. The second kappa shape index (κ2) is 7.87. The van der Waals surface area contributed by atoms with Crippen molar-refractivity contribution in [3.63, 3.8) is 0 Å². The number of aromatic nitrogens is 1. The van der Waals surface area contributed by atoms with Crippen LogP contribution in [0.1, 0.15) is 28.4 Å². The minimum absolute atomic E-state index is 0.0119. The molecule has 2 heterocycles. The van der Waals surface area contributed by atoms with Crippen molar-refractivity contribution in [1.82, 2.24) is 4.68 Å². The fourth-order valence-electron chi connectivity index (χ4n) is 3.53. The third-order valence-electron chi connectivity index (χ3n) is 5.45. The normalized spacial score (nSPS) is 17.9. The van der Waals surface area contributed by atoms with Crippen molar-refractivity contribution >= 4 is 23.4 Å². The van der Waals surface area contributed by atoms with Gasteiger partial charge in [-0.2, -0.15) is 0 Å². The number of rotatable bonds is 4. The summed E-state index contributed by atoms with van der Waals surface area (Å²) in [5, 5.41) is 3.87. The molecule has 150 valence electrons. The maximum Gasteiger partial charge on any atom is 0.240 e. The lowest BCUT2D eigenvalue weighted by Gasteiger charge is -2.34. The number of thioether (sulfide) groups is 1. The Kier molecular flexibility index (Phi) is 5.28. The molecule has 3 aromatic rings. The second-order valence-electron chi connectivity index (χ2n) is 7.30. The molecular weight excluding hydrogens is 382 g/mol. The first-order valence-electron chi connectivity index (χ1n) is 9.60. The first-order valence-corrected chi connectivity index (χ1v) is 10.5. The molecule has 1 aliphatic rings. The molecule has 0 fully saturated rings. The van der Waals surface area contributed by atoms with E-state index in [0.29, 0.717) is 0 Å². The van der Waals surface area contributed by atoms with Gasteiger partial charge in [-0.15, -0.1) is 0 Å². The quantitative estimate of drug-likeness (QED) is 0.651. The molecule has 0 bridgehead atoms. The van der Waals surface area contributed by atoms with E-state index in [1.54, 1.807) is 18.9 Å². The molecule has 1 amide bonds. The summed E-state index contributed by atoms with van der Waals surface area (Å²) >= 11 is 1.59. The molecule has 2 N–H and O–H groups in total. The molecule has 1 aliphatic heterocycles. The number of nitrogens with one attached hydrogen (secondary N) is 2. The van der Waals surface area contributed by atoms with Crippen LogP contribution in [-0.4, -0.2) is 22.9 Å². The van der Waals surface area contributed by atoms with Crippen molar-refractivity contribution in [3.8, 4) is 5.75 Å². The summed E-state index contributed by atoms with van der Waals surface area (Å²) in [4.78, 5) is 13.3. The van der Waals surface area contributed by atoms with Gasteiger partial charge in [0.1, 0.15) is 11.0 Å². The number of hydrogen-bond donors (Lipinski definition) is 2. The van der Waals surface area contributed by atoms with E-state index in [1.165, 1.54) is 0 Å². The third kappa shape index (κ3) is 3.72. The number of hydrogen-bond acceptors (Lipinski definition) is 4. The molecule has 0 saturated heterocycles. The number of methoxy groups -OCH3 is 1. The zero-order valence-electron chi connectivity index (χ0n) is 17.0. The monoisotopic (exact) mass is 407 g/mol. The van der Waals surface area contributed by atoms with Crippen LogP contribution in [0.25, 0.3) is 0 Å². The largest absolute Gasteiger partial charge is 0.497 e. The predicted molar refractivity (Wildman–Crippen MR) is 118 cm³/mol. The third-order valence-corrected chi connectivity index (χ3v) is 6.76. The minimum Gasteiger partial charge on any atom is -0.497 e. The predicted octanol–water partition coefficient (Wildman–Crippen LogP) is 4.82. The summed E-state index contributed by atoms with van der Waals surface area (Å²) in [6.45, 7) is 6.14. The number of ether oxygens (including phenoxy) is 1. The van der Waals surface area contributed by atoms with E-state index in [-0.39, 0.29) is 17.2 Å². The topological polar surface area (TPSA) is 55.3 Å². The van der Waals surface area contributed by atoms with Crippen molar-refractivity contribution in [3.05, 3.63) is 77.0 Å². The Morgan fingerprint density at radius 1 is 1.07 bits per heavy atom. The van der Waals surface area contributed by atoms with Crippen molar-refractivity contribution < 1.29 is 9.53 Å². The second-order valence-corrected chi connectivity index (χ2v) is 8.47. The molecular formula is C23H25N3O2S. The van der Waals surface area contributed by atoms with Crippen LogP contribution in [0, 0.1) is 20.8 Å². The van der Waals surface area contributed by atoms with Gasteiger partial charge in [-0.3, -0.25) is 9.47 Å².